The van der Waals surface area contributed by atoms with Crippen molar-refractivity contribution in [3.05, 3.63) is 11.6 Å². The first-order valence-corrected chi connectivity index (χ1v) is 10.4. The summed E-state index contributed by atoms with van der Waals surface area (Å²) in [7, 11) is 0. The number of esters is 1. The van der Waals surface area contributed by atoms with Crippen molar-refractivity contribution in [2.24, 2.45) is 23.2 Å². The zero-order valence-electron chi connectivity index (χ0n) is 16.8. The summed E-state index contributed by atoms with van der Waals surface area (Å²) in [6, 6.07) is 0. The van der Waals surface area contributed by atoms with Gasteiger partial charge in [-0.25, -0.2) is 4.79 Å². The highest BCUT2D eigenvalue weighted by molar-refractivity contribution is 6.19. The van der Waals surface area contributed by atoms with Crippen molar-refractivity contribution >= 4 is 11.8 Å². The number of Topliss-reactive ketones (excluding diaryl/α,β-unsaturated/α-hetero) is 1. The van der Waals surface area contributed by atoms with E-state index in [9.17, 15) is 9.59 Å². The molecule has 7 unspecified atom stereocenters. The Morgan fingerprint density at radius 1 is 1.27 bits per heavy atom. The molecule has 7 atom stereocenters. The van der Waals surface area contributed by atoms with Crippen LogP contribution in [0.15, 0.2) is 11.6 Å². The number of carbonyl (C=O) groups is 2. The first kappa shape index (κ1) is 18.2. The van der Waals surface area contributed by atoms with Crippen LogP contribution in [-0.4, -0.2) is 29.1 Å². The molecule has 1 saturated carbocycles. The Kier molecular flexibility index (Phi) is 3.97. The van der Waals surface area contributed by atoms with Crippen LogP contribution in [0.25, 0.3) is 0 Å². The van der Waals surface area contributed by atoms with Crippen LogP contribution in [0.2, 0.25) is 0 Å². The van der Waals surface area contributed by atoms with E-state index in [1.807, 2.05) is 0 Å². The van der Waals surface area contributed by atoms with Gasteiger partial charge in [0.1, 0.15) is 6.10 Å². The molecule has 0 amide bonds. The maximum atomic E-state index is 13.8. The molecule has 4 heteroatoms. The number of epoxide rings is 1. The number of allylic oxidation sites excluding steroid dienone is 1. The van der Waals surface area contributed by atoms with Gasteiger partial charge in [0.05, 0.1) is 0 Å². The van der Waals surface area contributed by atoms with E-state index in [2.05, 4.69) is 40.7 Å². The zero-order chi connectivity index (χ0) is 18.9. The largest absolute Gasteiger partial charge is 0.447 e. The highest BCUT2D eigenvalue weighted by Crippen LogP contribution is 2.61. The second-order valence-electron chi connectivity index (χ2n) is 9.65. The van der Waals surface area contributed by atoms with E-state index in [0.717, 1.165) is 32.1 Å². The fraction of sp³-hybridized carbons (Fsp3) is 0.818. The second-order valence-corrected chi connectivity index (χ2v) is 9.65. The van der Waals surface area contributed by atoms with Gasteiger partial charge in [-0.3, -0.25) is 4.79 Å². The molecule has 2 aliphatic carbocycles. The minimum Gasteiger partial charge on any atom is -0.447 e. The molecular formula is C22H32O4. The highest BCUT2D eigenvalue weighted by Gasteiger charge is 2.82. The van der Waals surface area contributed by atoms with Crippen LogP contribution in [0.4, 0.5) is 0 Å². The SMILES string of the molecule is CCC1CC23OC(=O)C4(OC4C(C)CC(C)CCCC2(C)C=C1C)C3=O. The molecule has 3 fully saturated rings. The third-order valence-corrected chi connectivity index (χ3v) is 7.75. The quantitative estimate of drug-likeness (QED) is 0.304. The number of ketones is 1. The topological polar surface area (TPSA) is 55.9 Å². The molecule has 4 nitrogen and oxygen atoms in total. The van der Waals surface area contributed by atoms with Gasteiger partial charge in [0, 0.05) is 11.8 Å². The molecule has 2 bridgehead atoms. The number of rotatable bonds is 1. The molecule has 144 valence electrons. The van der Waals surface area contributed by atoms with Gasteiger partial charge in [0.25, 0.3) is 5.60 Å². The van der Waals surface area contributed by atoms with E-state index >= 15 is 0 Å². The van der Waals surface area contributed by atoms with Crippen molar-refractivity contribution in [3.63, 3.8) is 0 Å². The molecule has 0 aromatic carbocycles. The Labute approximate surface area is 156 Å². The van der Waals surface area contributed by atoms with Crippen LogP contribution >= 0.6 is 0 Å². The van der Waals surface area contributed by atoms with Crippen LogP contribution in [-0.2, 0) is 19.1 Å². The fourth-order valence-corrected chi connectivity index (χ4v) is 6.13. The van der Waals surface area contributed by atoms with Crippen molar-refractivity contribution in [3.8, 4) is 0 Å². The minimum absolute atomic E-state index is 0.0916. The van der Waals surface area contributed by atoms with Crippen LogP contribution in [0.1, 0.15) is 73.1 Å². The summed E-state index contributed by atoms with van der Waals surface area (Å²) < 4.78 is 11.9. The maximum absolute atomic E-state index is 13.8. The second kappa shape index (κ2) is 5.67. The predicted octanol–water partition coefficient (Wildman–Crippen LogP) is 4.22. The Balaban J connectivity index is 1.83. The molecular weight excluding hydrogens is 328 g/mol. The third kappa shape index (κ3) is 2.17. The van der Waals surface area contributed by atoms with Gasteiger partial charge in [-0.15, -0.1) is 0 Å². The van der Waals surface area contributed by atoms with Crippen LogP contribution in [0, 0.1) is 23.2 Å². The fourth-order valence-electron chi connectivity index (χ4n) is 6.13. The third-order valence-electron chi connectivity index (χ3n) is 7.75. The monoisotopic (exact) mass is 360 g/mol. The molecule has 2 heterocycles. The molecule has 4 aliphatic rings. The van der Waals surface area contributed by atoms with Crippen molar-refractivity contribution in [1.82, 2.24) is 0 Å². The molecule has 0 N–H and O–H groups in total. The van der Waals surface area contributed by atoms with Crippen molar-refractivity contribution in [2.75, 3.05) is 0 Å². The van der Waals surface area contributed by atoms with E-state index in [-0.39, 0.29) is 23.7 Å². The lowest BCUT2D eigenvalue weighted by Gasteiger charge is -2.47. The number of carbonyl (C=O) groups excluding carboxylic acids is 2. The average molecular weight is 360 g/mol. The van der Waals surface area contributed by atoms with E-state index in [1.165, 1.54) is 5.57 Å². The summed E-state index contributed by atoms with van der Waals surface area (Å²) in [6.07, 6.45) is 7.56. The van der Waals surface area contributed by atoms with Crippen molar-refractivity contribution in [1.29, 1.82) is 0 Å². The van der Waals surface area contributed by atoms with Gasteiger partial charge < -0.3 is 9.47 Å². The molecule has 0 radical (unpaired) electrons. The summed E-state index contributed by atoms with van der Waals surface area (Å²) in [5, 5.41) is 0. The standard InChI is InChI=1S/C22H32O4/c1-6-16-12-21-18(23)22(19(24)26-21)17(25-22)14(3)10-13(2)8-7-9-20(21,5)11-15(16)4/h11,13-14,16-17H,6-10,12H2,1-5H3. The summed E-state index contributed by atoms with van der Waals surface area (Å²) in [5.41, 5.74) is -1.48. The van der Waals surface area contributed by atoms with Gasteiger partial charge >= 0.3 is 5.97 Å². The number of hydrogen-bond donors (Lipinski definition) is 0. The van der Waals surface area contributed by atoms with Crippen molar-refractivity contribution in [2.45, 2.75) is 90.4 Å². The molecule has 2 aliphatic heterocycles. The van der Waals surface area contributed by atoms with Gasteiger partial charge in [-0.2, -0.15) is 0 Å². The highest BCUT2D eigenvalue weighted by atomic mass is 16.7. The molecule has 2 spiro atoms. The predicted molar refractivity (Wildman–Crippen MR) is 98.5 cm³/mol. The first-order chi connectivity index (χ1) is 12.2. The van der Waals surface area contributed by atoms with Gasteiger partial charge in [-0.05, 0) is 43.9 Å². The Morgan fingerprint density at radius 3 is 2.69 bits per heavy atom. The molecule has 0 aromatic rings. The summed E-state index contributed by atoms with van der Waals surface area (Å²) in [6.45, 7) is 10.8. The maximum Gasteiger partial charge on any atom is 0.350 e. The normalized spacial score (nSPS) is 50.9. The summed E-state index contributed by atoms with van der Waals surface area (Å²) in [4.78, 5) is 26.7. The molecule has 0 aromatic heterocycles. The summed E-state index contributed by atoms with van der Waals surface area (Å²) in [5.74, 6) is 0.538. The smallest absolute Gasteiger partial charge is 0.350 e. The Bertz CT molecular complexity index is 682. The van der Waals surface area contributed by atoms with Crippen molar-refractivity contribution < 1.29 is 19.1 Å². The minimum atomic E-state index is -1.32. The van der Waals surface area contributed by atoms with E-state index in [0.29, 0.717) is 12.3 Å². The van der Waals surface area contributed by atoms with Gasteiger partial charge in [0.15, 0.2) is 5.60 Å². The van der Waals surface area contributed by atoms with E-state index < -0.39 is 22.6 Å². The number of hydrogen-bond acceptors (Lipinski definition) is 4. The lowest BCUT2D eigenvalue weighted by atomic mass is 9.58. The molecule has 2 saturated heterocycles. The Morgan fingerprint density at radius 2 is 2.00 bits per heavy atom. The average Bonchev–Trinajstić information content (AvgIpc) is 3.28. The van der Waals surface area contributed by atoms with E-state index in [1.54, 1.807) is 0 Å². The zero-order valence-corrected chi connectivity index (χ0v) is 16.8. The molecule has 4 rings (SSSR count). The number of ether oxygens (including phenoxy) is 2. The molecule has 26 heavy (non-hydrogen) atoms. The first-order valence-electron chi connectivity index (χ1n) is 10.4. The lowest BCUT2D eigenvalue weighted by molar-refractivity contribution is -0.167. The summed E-state index contributed by atoms with van der Waals surface area (Å²) >= 11 is 0. The van der Waals surface area contributed by atoms with Crippen LogP contribution < -0.4 is 0 Å². The van der Waals surface area contributed by atoms with Crippen LogP contribution in [0.3, 0.4) is 0 Å². The lowest BCUT2D eigenvalue weighted by Crippen LogP contribution is -2.56. The van der Waals surface area contributed by atoms with Crippen LogP contribution in [0.5, 0.6) is 0 Å². The Hall–Kier alpha value is -1.16. The van der Waals surface area contributed by atoms with Gasteiger partial charge in [0.2, 0.25) is 5.78 Å². The van der Waals surface area contributed by atoms with E-state index in [4.69, 9.17) is 9.47 Å². The van der Waals surface area contributed by atoms with Gasteiger partial charge in [-0.1, -0.05) is 52.2 Å².